The van der Waals surface area contributed by atoms with Crippen LogP contribution in [0.25, 0.3) is 0 Å². The van der Waals surface area contributed by atoms with E-state index in [2.05, 4.69) is 54.8 Å². The van der Waals surface area contributed by atoms with Crippen molar-refractivity contribution in [3.05, 3.63) is 36.5 Å². The van der Waals surface area contributed by atoms with Crippen LogP contribution in [0.3, 0.4) is 0 Å². The summed E-state index contributed by atoms with van der Waals surface area (Å²) in [5.41, 5.74) is 5.29. The molecule has 0 aromatic heterocycles. The molecule has 4 N–H and O–H groups in total. The molecule has 1 unspecified atom stereocenters. The van der Waals surface area contributed by atoms with Gasteiger partial charge in [0.25, 0.3) is 0 Å². The van der Waals surface area contributed by atoms with Gasteiger partial charge in [-0.05, 0) is 44.9 Å². The van der Waals surface area contributed by atoms with Crippen molar-refractivity contribution >= 4 is 25.7 Å². The molecule has 3 atom stereocenters. The summed E-state index contributed by atoms with van der Waals surface area (Å²) in [4.78, 5) is 45.4. The number of ether oxygens (including phenoxy) is 2. The normalized spacial score (nSPS) is 14.5. The first-order valence-corrected chi connectivity index (χ1v) is 18.5. The number of aliphatic carboxylic acids is 1. The van der Waals surface area contributed by atoms with E-state index in [9.17, 15) is 23.8 Å². The molecule has 266 valence electrons. The molecule has 0 aliphatic carbocycles. The zero-order valence-corrected chi connectivity index (χ0v) is 29.0. The molecule has 0 aliphatic rings. The highest BCUT2D eigenvalue weighted by molar-refractivity contribution is 7.47. The molecule has 0 bridgehead atoms. The molecule has 46 heavy (non-hydrogen) atoms. The first kappa shape index (κ1) is 43.7. The molecule has 12 heteroatoms. The minimum Gasteiger partial charge on any atom is -0.480 e. The second-order valence-corrected chi connectivity index (χ2v) is 12.7. The summed E-state index contributed by atoms with van der Waals surface area (Å²) in [5, 5.41) is 8.81. The van der Waals surface area contributed by atoms with Gasteiger partial charge in [-0.2, -0.15) is 0 Å². The lowest BCUT2D eigenvalue weighted by atomic mass is 10.1. The Morgan fingerprint density at radius 1 is 0.696 bits per heavy atom. The number of carboxylic acid groups (broad SMARTS) is 1. The maximum absolute atomic E-state index is 12.4. The number of hydrogen-bond acceptors (Lipinski definition) is 9. The maximum Gasteiger partial charge on any atom is 0.472 e. The van der Waals surface area contributed by atoms with E-state index in [0.29, 0.717) is 12.8 Å². The highest BCUT2D eigenvalue weighted by Gasteiger charge is 2.28. The lowest BCUT2D eigenvalue weighted by Crippen LogP contribution is -2.34. The quantitative estimate of drug-likeness (QED) is 0.0285. The zero-order valence-electron chi connectivity index (χ0n) is 28.2. The Morgan fingerprint density at radius 3 is 1.83 bits per heavy atom. The number of rotatable bonds is 31. The lowest BCUT2D eigenvalue weighted by molar-refractivity contribution is -0.161. The number of allylic oxidation sites excluding steroid dienone is 6. The number of nitrogens with two attached hydrogens (primary N) is 1. The van der Waals surface area contributed by atoms with Crippen LogP contribution < -0.4 is 5.73 Å². The first-order chi connectivity index (χ1) is 22.1. The molecular weight excluding hydrogens is 613 g/mol. The van der Waals surface area contributed by atoms with E-state index in [1.54, 1.807) is 0 Å². The van der Waals surface area contributed by atoms with Crippen LogP contribution in [-0.2, 0) is 37.5 Å². The predicted molar refractivity (Wildman–Crippen MR) is 180 cm³/mol. The molecule has 0 aromatic rings. The summed E-state index contributed by atoms with van der Waals surface area (Å²) in [6, 6.07) is -1.52. The molecule has 0 aliphatic heterocycles. The van der Waals surface area contributed by atoms with Gasteiger partial charge in [0.2, 0.25) is 0 Å². The number of carbonyl (C=O) groups is 3. The van der Waals surface area contributed by atoms with E-state index in [0.717, 1.165) is 77.0 Å². The highest BCUT2D eigenvalue weighted by atomic mass is 31.2. The average molecular weight is 674 g/mol. The number of phosphoric ester groups is 1. The molecule has 0 amide bonds. The SMILES string of the molecule is CC/C=C/C/C=C/C/C=C/CCCCCCCC(=O)OC[C@@H](COP(=O)(O)OC[C@@H](N)C(=O)O)OC(=O)CCCCCCCCC. The number of unbranched alkanes of at least 4 members (excludes halogenated alkanes) is 11. The third kappa shape index (κ3) is 29.1. The van der Waals surface area contributed by atoms with Gasteiger partial charge in [0.05, 0.1) is 13.2 Å². The van der Waals surface area contributed by atoms with Crippen molar-refractivity contribution in [3.8, 4) is 0 Å². The van der Waals surface area contributed by atoms with Crippen LogP contribution in [0, 0.1) is 0 Å². The Labute approximate surface area is 276 Å². The molecule has 0 rings (SSSR count). The van der Waals surface area contributed by atoms with Crippen LogP contribution >= 0.6 is 7.82 Å². The Hall–Kier alpha value is -2.30. The maximum atomic E-state index is 12.4. The van der Waals surface area contributed by atoms with Crippen LogP contribution in [0.2, 0.25) is 0 Å². The average Bonchev–Trinajstić information content (AvgIpc) is 3.02. The van der Waals surface area contributed by atoms with Gasteiger partial charge in [-0.1, -0.05) is 108 Å². The topological polar surface area (TPSA) is 172 Å². The van der Waals surface area contributed by atoms with Crippen LogP contribution in [-0.4, -0.2) is 59.9 Å². The van der Waals surface area contributed by atoms with Crippen molar-refractivity contribution < 1.29 is 47.5 Å². The fourth-order valence-electron chi connectivity index (χ4n) is 4.19. The van der Waals surface area contributed by atoms with Crippen molar-refractivity contribution in [2.75, 3.05) is 19.8 Å². The summed E-state index contributed by atoms with van der Waals surface area (Å²) in [7, 11) is -4.70. The Morgan fingerprint density at radius 2 is 1.22 bits per heavy atom. The summed E-state index contributed by atoms with van der Waals surface area (Å²) in [6.07, 6.45) is 28.2. The zero-order chi connectivity index (χ0) is 34.3. The van der Waals surface area contributed by atoms with Gasteiger partial charge in [-0.15, -0.1) is 0 Å². The van der Waals surface area contributed by atoms with E-state index in [1.807, 2.05) is 0 Å². The Kier molecular flexibility index (Phi) is 28.6. The summed E-state index contributed by atoms with van der Waals surface area (Å²) in [6.45, 7) is 2.57. The van der Waals surface area contributed by atoms with Crippen molar-refractivity contribution in [3.63, 3.8) is 0 Å². The van der Waals surface area contributed by atoms with Gasteiger partial charge in [0, 0.05) is 12.8 Å². The number of hydrogen-bond donors (Lipinski definition) is 3. The summed E-state index contributed by atoms with van der Waals surface area (Å²) >= 11 is 0. The van der Waals surface area contributed by atoms with Gasteiger partial charge >= 0.3 is 25.7 Å². The van der Waals surface area contributed by atoms with Crippen molar-refractivity contribution in [2.45, 2.75) is 142 Å². The molecule has 0 aromatic carbocycles. The van der Waals surface area contributed by atoms with E-state index in [-0.39, 0.29) is 19.4 Å². The highest BCUT2D eigenvalue weighted by Crippen LogP contribution is 2.43. The summed E-state index contributed by atoms with van der Waals surface area (Å²) in [5.74, 6) is -2.41. The Balaban J connectivity index is 4.45. The molecule has 0 saturated heterocycles. The Bertz CT molecular complexity index is 937. The minimum atomic E-state index is -4.70. The largest absolute Gasteiger partial charge is 0.480 e. The van der Waals surface area contributed by atoms with E-state index >= 15 is 0 Å². The lowest BCUT2D eigenvalue weighted by Gasteiger charge is -2.20. The van der Waals surface area contributed by atoms with Gasteiger partial charge in [0.1, 0.15) is 12.6 Å². The van der Waals surface area contributed by atoms with Gasteiger partial charge in [0.15, 0.2) is 6.10 Å². The fraction of sp³-hybridized carbons (Fsp3) is 0.735. The van der Waals surface area contributed by atoms with Crippen LogP contribution in [0.4, 0.5) is 0 Å². The summed E-state index contributed by atoms with van der Waals surface area (Å²) < 4.78 is 32.3. The van der Waals surface area contributed by atoms with Crippen LogP contribution in [0.1, 0.15) is 129 Å². The smallest absolute Gasteiger partial charge is 0.472 e. The third-order valence-corrected chi connectivity index (χ3v) is 7.85. The van der Waals surface area contributed by atoms with Gasteiger partial charge in [-0.3, -0.25) is 23.4 Å². The van der Waals surface area contributed by atoms with Crippen molar-refractivity contribution in [2.24, 2.45) is 5.73 Å². The molecule has 0 spiro atoms. The number of esters is 2. The molecule has 11 nitrogen and oxygen atoms in total. The first-order valence-electron chi connectivity index (χ1n) is 17.0. The molecule has 0 saturated carbocycles. The van der Waals surface area contributed by atoms with E-state index in [1.165, 1.54) is 12.8 Å². The molecule has 0 radical (unpaired) electrons. The van der Waals surface area contributed by atoms with Gasteiger partial charge < -0.3 is 25.2 Å². The number of carbonyl (C=O) groups excluding carboxylic acids is 2. The molecule has 0 fully saturated rings. The number of phosphoric acid groups is 1. The monoisotopic (exact) mass is 673 g/mol. The molecular formula is C34H60NO10P. The third-order valence-electron chi connectivity index (χ3n) is 6.90. The standard InChI is InChI=1S/C34H60NO10P/c1-3-5-7-9-11-12-13-14-15-16-17-18-20-21-23-25-32(36)42-27-30(28-43-46(40,41)44-29-31(35)34(38)39)45-33(37)26-24-22-19-10-8-6-4-2/h5,7,11-12,14-15,30-31H,3-4,6,8-10,13,16-29,35H2,1-2H3,(H,38,39)(H,40,41)/b7-5+,12-11+,15-14+/t30-,31+/m0/s1. The predicted octanol–water partition coefficient (Wildman–Crippen LogP) is 7.72. The van der Waals surface area contributed by atoms with Crippen molar-refractivity contribution in [1.82, 2.24) is 0 Å². The van der Waals surface area contributed by atoms with Crippen LogP contribution in [0.15, 0.2) is 36.5 Å². The second kappa shape index (κ2) is 30.1. The van der Waals surface area contributed by atoms with Gasteiger partial charge in [-0.25, -0.2) is 4.57 Å². The second-order valence-electron chi connectivity index (χ2n) is 11.3. The van der Waals surface area contributed by atoms with Crippen molar-refractivity contribution in [1.29, 1.82) is 0 Å². The van der Waals surface area contributed by atoms with E-state index < -0.39 is 51.1 Å². The minimum absolute atomic E-state index is 0.156. The van der Waals surface area contributed by atoms with Crippen LogP contribution in [0.5, 0.6) is 0 Å². The van der Waals surface area contributed by atoms with E-state index in [4.69, 9.17) is 24.8 Å². The molecule has 0 heterocycles. The number of carboxylic acids is 1. The fourth-order valence-corrected chi connectivity index (χ4v) is 4.97.